The Labute approximate surface area is 780 Å². The van der Waals surface area contributed by atoms with Gasteiger partial charge in [0, 0.05) is 102 Å². The number of carboxylic acid groups (broad SMARTS) is 1. The number of aliphatic carboxylic acids is 1. The minimum absolute atomic E-state index is 0.0184. The lowest BCUT2D eigenvalue weighted by molar-refractivity contribution is -0.151. The lowest BCUT2D eigenvalue weighted by atomic mass is 9.98. The summed E-state index contributed by atoms with van der Waals surface area (Å²) in [7, 11) is 6.66. The van der Waals surface area contributed by atoms with Gasteiger partial charge in [-0.1, -0.05) is 191 Å². The number of thioether (sulfide) groups is 1. The Morgan fingerprint density at radius 2 is 0.910 bits per heavy atom. The largest absolute Gasteiger partial charge is 0.508 e. The summed E-state index contributed by atoms with van der Waals surface area (Å²) in [5, 5.41) is 52.6. The summed E-state index contributed by atoms with van der Waals surface area (Å²) >= 11 is 7.10. The number of phenolic OH excluding ortho intramolecular Hbond substituents is 2. The average molecular weight is 1870 g/mol. The molecule has 8 aromatic rings. The van der Waals surface area contributed by atoms with Gasteiger partial charge >= 0.3 is 5.97 Å². The highest BCUT2D eigenvalue weighted by molar-refractivity contribution is 8.00. The number of H-pyrrole nitrogens is 1. The molecule has 37 heteroatoms. The summed E-state index contributed by atoms with van der Waals surface area (Å²) < 4.78 is 0. The van der Waals surface area contributed by atoms with Gasteiger partial charge < -0.3 is 104 Å². The molecule has 0 aliphatic rings. The maximum atomic E-state index is 15.6. The maximum absolute atomic E-state index is 15.6. The SMILES string of the molecule is CCCC[C@@H](C(=O)N(C)CC(=O)N[C@@H](CC(=O)O)C(=O)N[C@H](C(=O)N(C)[C@@H](Cc1ccccc1)C(=O)N[C@@H](Cc1ccc(O)cc1)C(=O)N(C)CC=O)C(C)C)N(C)C(=O)[C@H](Cc1ccccc1)N(C)C(=O)[C@H](Cc1ccccc1)NC(=O)CSC[C@H](NC(=O)[C@H](Cc1ccc(Cl)cc1)NC(=O)[C@H](Cc1ccc(O)cc1)NC(=O)[C@@H](N)Cc1c[nH]c2ccccc12)C(=O)NCC(N)=O. The van der Waals surface area contributed by atoms with Crippen LogP contribution in [0.1, 0.15) is 85.4 Å². The van der Waals surface area contributed by atoms with Crippen LogP contribution in [0.5, 0.6) is 11.5 Å². The van der Waals surface area contributed by atoms with Crippen LogP contribution in [0.3, 0.4) is 0 Å². The molecule has 0 unspecified atom stereocenters. The number of nitrogens with two attached hydrogens (primary N) is 2. The molecule has 8 rings (SSSR count). The van der Waals surface area contributed by atoms with E-state index in [1.165, 1.54) is 59.5 Å². The third kappa shape index (κ3) is 32.2. The molecule has 0 fully saturated rings. The number of nitrogens with one attached hydrogen (secondary N) is 9. The molecule has 0 bridgehead atoms. The van der Waals surface area contributed by atoms with E-state index in [4.69, 9.17) is 23.1 Å². The van der Waals surface area contributed by atoms with Gasteiger partial charge in [-0.2, -0.15) is 0 Å². The number of aromatic amines is 1. The summed E-state index contributed by atoms with van der Waals surface area (Å²) in [5.41, 5.74) is 16.8. The third-order valence-corrected chi connectivity index (χ3v) is 23.7. The number of aldehydes is 1. The number of nitrogens with zero attached hydrogens (tertiary/aromatic N) is 5. The van der Waals surface area contributed by atoms with Crippen LogP contribution in [0.4, 0.5) is 0 Å². The molecule has 35 nitrogen and oxygen atoms in total. The number of para-hydroxylation sites is 1. The Bertz CT molecular complexity index is 5330. The third-order valence-electron chi connectivity index (χ3n) is 22.4. The molecule has 0 radical (unpaired) electrons. The zero-order chi connectivity index (χ0) is 97.1. The fraction of sp³-hybridized carbons (Fsp3) is 0.375. The first kappa shape index (κ1) is 104. The molecule has 14 amide bonds. The van der Waals surface area contributed by atoms with Crippen molar-refractivity contribution in [2.24, 2.45) is 17.4 Å². The van der Waals surface area contributed by atoms with Gasteiger partial charge in [0.1, 0.15) is 78.2 Å². The lowest BCUT2D eigenvalue weighted by Crippen LogP contribution is -2.61. The number of benzene rings is 7. The number of hydrogen-bond donors (Lipinski definition) is 14. The molecule has 0 saturated carbocycles. The van der Waals surface area contributed by atoms with Gasteiger partial charge in [-0.15, -0.1) is 11.8 Å². The normalized spacial score (nSPS) is 13.6. The van der Waals surface area contributed by atoms with Gasteiger partial charge in [-0.3, -0.25) is 71.9 Å². The van der Waals surface area contributed by atoms with Crippen molar-refractivity contribution in [1.29, 1.82) is 0 Å². The fourth-order valence-electron chi connectivity index (χ4n) is 14.9. The monoisotopic (exact) mass is 1860 g/mol. The van der Waals surface area contributed by atoms with Crippen molar-refractivity contribution in [1.82, 2.24) is 72.0 Å². The highest BCUT2D eigenvalue weighted by atomic mass is 35.5. The number of aromatic nitrogens is 1. The number of rotatable bonds is 51. The summed E-state index contributed by atoms with van der Waals surface area (Å²) in [5.74, 6) is -15.2. The zero-order valence-corrected chi connectivity index (χ0v) is 76.9. The van der Waals surface area contributed by atoms with Crippen LogP contribution < -0.4 is 54.0 Å². The van der Waals surface area contributed by atoms with E-state index < -0.39 is 186 Å². The Morgan fingerprint density at radius 1 is 0.459 bits per heavy atom. The van der Waals surface area contributed by atoms with Crippen LogP contribution in [0.2, 0.25) is 5.02 Å². The van der Waals surface area contributed by atoms with E-state index in [1.807, 2.05) is 31.2 Å². The lowest BCUT2D eigenvalue weighted by Gasteiger charge is -2.37. The molecule has 7 aromatic carbocycles. The molecule has 133 heavy (non-hydrogen) atoms. The number of amides is 14. The van der Waals surface area contributed by atoms with Crippen LogP contribution in [-0.4, -0.2) is 273 Å². The molecule has 708 valence electrons. The number of carboxylic acids is 1. The summed E-state index contributed by atoms with van der Waals surface area (Å²) in [4.78, 5) is 236. The Balaban J connectivity index is 0.978. The van der Waals surface area contributed by atoms with Gasteiger partial charge in [0.2, 0.25) is 82.7 Å². The van der Waals surface area contributed by atoms with E-state index in [2.05, 4.69) is 47.5 Å². The molecule has 0 saturated heterocycles. The molecule has 1 aromatic heterocycles. The quantitative estimate of drug-likeness (QED) is 0.0243. The minimum atomic E-state index is -1.88. The highest BCUT2D eigenvalue weighted by Crippen LogP contribution is 2.25. The van der Waals surface area contributed by atoms with Gasteiger partial charge in [0.05, 0.1) is 37.8 Å². The van der Waals surface area contributed by atoms with Crippen molar-refractivity contribution in [3.05, 3.63) is 238 Å². The predicted molar refractivity (Wildman–Crippen MR) is 500 cm³/mol. The van der Waals surface area contributed by atoms with Gasteiger partial charge in [0.15, 0.2) is 0 Å². The Kier molecular flexibility index (Phi) is 40.5. The highest BCUT2D eigenvalue weighted by Gasteiger charge is 2.42. The predicted octanol–water partition coefficient (Wildman–Crippen LogP) is 3.20. The summed E-state index contributed by atoms with van der Waals surface area (Å²) in [6, 6.07) is 35.5. The Hall–Kier alpha value is -14.0. The van der Waals surface area contributed by atoms with Crippen molar-refractivity contribution in [3.63, 3.8) is 0 Å². The molecular weight excluding hydrogens is 1750 g/mol. The van der Waals surface area contributed by atoms with Crippen molar-refractivity contribution in [3.8, 4) is 11.5 Å². The van der Waals surface area contributed by atoms with Crippen LogP contribution in [0, 0.1) is 5.92 Å². The standard InChI is InChI=1S/C96H117ClN16O19S/c1-9-10-30-78(94(130)110(5)55-82(118)102-74(52-84(120)121)90(126)108-85(58(2)3)96(132)112(7)79(49-60-24-16-12-17-25-60)91(127)106-75(92(128)109(4)43-44-114)48-64-35-41-68(116)42-36-64)111(6)95(131)80(50-61-26-18-13-19-27-61)113(8)93(129)76(47-59-22-14-11-15-23-59)103-83(119)57-133-56-77(87(123)101-54-81(99)117)107-89(125)73(45-62-31-37-66(97)38-32-62)105-88(124)72(46-63-33-39-67(115)40-34-63)104-86(122)70(98)51-65-53-100-71-29-21-20-28-69(65)71/h11-29,31-42,44,53,58,70,72-80,85,100,115-116H,9-10,30,43,45-52,54-57,98H2,1-8H3,(H2,99,117)(H,101,123)(H,102,118)(H,103,119)(H,104,122)(H,105,124)(H,106,127)(H,107,125)(H,108,126)(H,120,121)/t70-,72-,73-,74-,75-,76-,77-,78-,79-,80-,85-/m0/s1. The van der Waals surface area contributed by atoms with Gasteiger partial charge in [0.25, 0.3) is 0 Å². The number of carbonyl (C=O) groups is 16. The molecule has 0 aliphatic heterocycles. The number of halogens is 1. The van der Waals surface area contributed by atoms with Crippen molar-refractivity contribution in [2.45, 2.75) is 158 Å². The number of likely N-dealkylation sites (N-methyl/N-ethyl adjacent to an activating group) is 5. The fourth-order valence-corrected chi connectivity index (χ4v) is 15.9. The first-order chi connectivity index (χ1) is 63.4. The van der Waals surface area contributed by atoms with E-state index in [9.17, 15) is 77.6 Å². The number of phenols is 2. The number of primary amides is 1. The number of hydrogen-bond acceptors (Lipinski definition) is 20. The first-order valence-electron chi connectivity index (χ1n) is 43.3. The molecule has 11 atom stereocenters. The second kappa shape index (κ2) is 51.6. The van der Waals surface area contributed by atoms with Crippen LogP contribution in [0.25, 0.3) is 10.9 Å². The Morgan fingerprint density at radius 3 is 1.44 bits per heavy atom. The summed E-state index contributed by atoms with van der Waals surface area (Å²) in [6.45, 7) is 3.19. The smallest absolute Gasteiger partial charge is 0.305 e. The first-order valence-corrected chi connectivity index (χ1v) is 44.9. The van der Waals surface area contributed by atoms with Gasteiger partial charge in [-0.25, -0.2) is 0 Å². The molecule has 0 spiro atoms. The molecule has 0 aliphatic carbocycles. The maximum Gasteiger partial charge on any atom is 0.305 e. The topological polar surface area (TPSA) is 514 Å². The number of aromatic hydroxyl groups is 2. The van der Waals surface area contributed by atoms with Crippen molar-refractivity contribution in [2.75, 3.05) is 66.4 Å². The number of carbonyl (C=O) groups excluding carboxylic acids is 15. The second-order valence-electron chi connectivity index (χ2n) is 32.9. The minimum Gasteiger partial charge on any atom is -0.508 e. The molecular formula is C96H117ClN16O19S. The van der Waals surface area contributed by atoms with E-state index in [0.717, 1.165) is 52.7 Å². The molecule has 16 N–H and O–H groups in total. The number of fused-ring (bicyclic) bond motifs is 1. The van der Waals surface area contributed by atoms with Crippen molar-refractivity contribution >= 4 is 129 Å². The van der Waals surface area contributed by atoms with E-state index in [0.29, 0.717) is 57.5 Å². The zero-order valence-electron chi connectivity index (χ0n) is 75.3. The van der Waals surface area contributed by atoms with E-state index in [1.54, 1.807) is 160 Å². The summed E-state index contributed by atoms with van der Waals surface area (Å²) in [6.07, 6.45) is 1.31. The van der Waals surface area contributed by atoms with E-state index >= 15 is 14.4 Å². The van der Waals surface area contributed by atoms with Crippen molar-refractivity contribution < 1.29 is 92.0 Å². The van der Waals surface area contributed by atoms with E-state index in [-0.39, 0.29) is 75.2 Å². The van der Waals surface area contributed by atoms with Crippen LogP contribution in [-0.2, 0) is 122 Å². The van der Waals surface area contributed by atoms with Crippen LogP contribution in [0.15, 0.2) is 194 Å². The van der Waals surface area contributed by atoms with Crippen LogP contribution >= 0.6 is 23.4 Å². The second-order valence-corrected chi connectivity index (χ2v) is 34.4. The molecule has 1 heterocycles. The average Bonchev–Trinajstić information content (AvgIpc) is 1.80. The number of unbranched alkanes of at least 4 members (excludes halogenated alkanes) is 1. The van der Waals surface area contributed by atoms with Gasteiger partial charge in [-0.05, 0) is 100 Å².